The van der Waals surface area contributed by atoms with Crippen molar-refractivity contribution in [3.05, 3.63) is 28.8 Å². The van der Waals surface area contributed by atoms with E-state index in [2.05, 4.69) is 26.0 Å². The molecule has 0 aliphatic rings. The first-order valence-corrected chi connectivity index (χ1v) is 6.00. The van der Waals surface area contributed by atoms with Crippen LogP contribution in [0.15, 0.2) is 12.1 Å². The van der Waals surface area contributed by atoms with Crippen molar-refractivity contribution in [3.63, 3.8) is 0 Å². The van der Waals surface area contributed by atoms with Gasteiger partial charge in [-0.15, -0.1) is 0 Å². The van der Waals surface area contributed by atoms with Crippen molar-refractivity contribution in [2.75, 3.05) is 7.11 Å². The fraction of sp³-hybridized carbons (Fsp3) is 0.571. The third-order valence-corrected chi connectivity index (χ3v) is 2.80. The van der Waals surface area contributed by atoms with E-state index >= 15 is 0 Å². The van der Waals surface area contributed by atoms with E-state index in [1.54, 1.807) is 7.11 Å². The monoisotopic (exact) mass is 221 g/mol. The van der Waals surface area contributed by atoms with Crippen molar-refractivity contribution in [1.82, 2.24) is 0 Å². The van der Waals surface area contributed by atoms with Crippen molar-refractivity contribution < 1.29 is 4.74 Å². The molecule has 0 fully saturated rings. The quantitative estimate of drug-likeness (QED) is 0.829. The van der Waals surface area contributed by atoms with E-state index in [1.165, 1.54) is 16.7 Å². The first-order valence-electron chi connectivity index (χ1n) is 6.00. The number of benzene rings is 1. The first-order chi connectivity index (χ1) is 7.58. The highest BCUT2D eigenvalue weighted by Crippen LogP contribution is 2.25. The summed E-state index contributed by atoms with van der Waals surface area (Å²) < 4.78 is 5.43. The van der Waals surface area contributed by atoms with Gasteiger partial charge in [0.1, 0.15) is 5.75 Å². The molecule has 0 amide bonds. The average Bonchev–Trinajstić information content (AvgIpc) is 2.21. The number of hydrogen-bond acceptors (Lipinski definition) is 2. The van der Waals surface area contributed by atoms with Gasteiger partial charge < -0.3 is 10.5 Å². The fourth-order valence-corrected chi connectivity index (χ4v) is 2.03. The summed E-state index contributed by atoms with van der Waals surface area (Å²) in [5.74, 6) is 0.978. The first kappa shape index (κ1) is 13.0. The van der Waals surface area contributed by atoms with Gasteiger partial charge in [0.2, 0.25) is 0 Å². The molecule has 2 nitrogen and oxygen atoms in total. The SMILES string of the molecule is CCCc1cc(OC)c(C[C@@H](C)N)cc1C. The molecule has 0 heterocycles. The normalized spacial score (nSPS) is 12.6. The van der Waals surface area contributed by atoms with Crippen LogP contribution in [0.5, 0.6) is 5.75 Å². The topological polar surface area (TPSA) is 35.2 Å². The molecule has 1 aromatic carbocycles. The van der Waals surface area contributed by atoms with Gasteiger partial charge in [-0.25, -0.2) is 0 Å². The maximum atomic E-state index is 5.84. The highest BCUT2D eigenvalue weighted by atomic mass is 16.5. The molecule has 0 radical (unpaired) electrons. The van der Waals surface area contributed by atoms with E-state index in [4.69, 9.17) is 10.5 Å². The molecule has 0 aliphatic carbocycles. The largest absolute Gasteiger partial charge is 0.496 e. The average molecular weight is 221 g/mol. The second kappa shape index (κ2) is 5.90. The number of methoxy groups -OCH3 is 1. The second-order valence-electron chi connectivity index (χ2n) is 4.52. The Labute approximate surface area is 98.8 Å². The van der Waals surface area contributed by atoms with Crippen molar-refractivity contribution in [3.8, 4) is 5.75 Å². The van der Waals surface area contributed by atoms with Crippen LogP contribution in [0.4, 0.5) is 0 Å². The predicted molar refractivity (Wildman–Crippen MR) is 69.1 cm³/mol. The summed E-state index contributed by atoms with van der Waals surface area (Å²) in [5.41, 5.74) is 9.78. The Kier molecular flexibility index (Phi) is 4.81. The number of aryl methyl sites for hydroxylation is 2. The molecule has 0 saturated carbocycles. The Balaban J connectivity index is 3.05. The smallest absolute Gasteiger partial charge is 0.122 e. The molecule has 1 atom stereocenters. The van der Waals surface area contributed by atoms with Gasteiger partial charge >= 0.3 is 0 Å². The summed E-state index contributed by atoms with van der Waals surface area (Å²) >= 11 is 0. The molecule has 0 aromatic heterocycles. The zero-order valence-electron chi connectivity index (χ0n) is 10.8. The zero-order chi connectivity index (χ0) is 12.1. The van der Waals surface area contributed by atoms with Crippen LogP contribution in [-0.4, -0.2) is 13.2 Å². The lowest BCUT2D eigenvalue weighted by atomic mass is 9.97. The minimum Gasteiger partial charge on any atom is -0.496 e. The molecule has 0 aliphatic heterocycles. The zero-order valence-corrected chi connectivity index (χ0v) is 10.8. The summed E-state index contributed by atoms with van der Waals surface area (Å²) in [7, 11) is 1.73. The van der Waals surface area contributed by atoms with E-state index < -0.39 is 0 Å². The standard InChI is InChI=1S/C14H23NO/c1-5-6-12-9-14(16-4)13(7-10(12)2)8-11(3)15/h7,9,11H,5-6,8,15H2,1-4H3/t11-/m1/s1. The highest BCUT2D eigenvalue weighted by molar-refractivity contribution is 5.42. The van der Waals surface area contributed by atoms with E-state index in [1.807, 2.05) is 6.92 Å². The second-order valence-corrected chi connectivity index (χ2v) is 4.52. The van der Waals surface area contributed by atoms with Gasteiger partial charge in [0, 0.05) is 6.04 Å². The number of rotatable bonds is 5. The molecular formula is C14H23NO. The van der Waals surface area contributed by atoms with Gasteiger partial charge in [-0.2, -0.15) is 0 Å². The number of ether oxygens (including phenoxy) is 1. The van der Waals surface area contributed by atoms with Gasteiger partial charge in [0.25, 0.3) is 0 Å². The van der Waals surface area contributed by atoms with E-state index in [0.29, 0.717) is 0 Å². The molecule has 2 heteroatoms. The lowest BCUT2D eigenvalue weighted by molar-refractivity contribution is 0.407. The lowest BCUT2D eigenvalue weighted by Crippen LogP contribution is -2.18. The van der Waals surface area contributed by atoms with E-state index in [0.717, 1.165) is 25.0 Å². The lowest BCUT2D eigenvalue weighted by Gasteiger charge is -2.14. The molecular weight excluding hydrogens is 198 g/mol. The molecule has 2 N–H and O–H groups in total. The molecule has 1 rings (SSSR count). The van der Waals surface area contributed by atoms with Crippen molar-refractivity contribution >= 4 is 0 Å². The Morgan fingerprint density at radius 2 is 2.00 bits per heavy atom. The Morgan fingerprint density at radius 3 is 2.50 bits per heavy atom. The number of hydrogen-bond donors (Lipinski definition) is 1. The summed E-state index contributed by atoms with van der Waals surface area (Å²) in [6.45, 7) is 6.38. The van der Waals surface area contributed by atoms with Gasteiger partial charge in [-0.05, 0) is 49.4 Å². The molecule has 0 saturated heterocycles. The molecule has 0 spiro atoms. The maximum absolute atomic E-state index is 5.84. The van der Waals surface area contributed by atoms with Crippen LogP contribution in [0, 0.1) is 6.92 Å². The predicted octanol–water partition coefficient (Wildman–Crippen LogP) is 2.85. The van der Waals surface area contributed by atoms with Crippen LogP contribution in [-0.2, 0) is 12.8 Å². The molecule has 0 unspecified atom stereocenters. The maximum Gasteiger partial charge on any atom is 0.122 e. The van der Waals surface area contributed by atoms with E-state index in [9.17, 15) is 0 Å². The van der Waals surface area contributed by atoms with Crippen LogP contribution in [0.1, 0.15) is 37.0 Å². The number of nitrogens with two attached hydrogens (primary N) is 1. The summed E-state index contributed by atoms with van der Waals surface area (Å²) in [5, 5.41) is 0. The summed E-state index contributed by atoms with van der Waals surface area (Å²) in [4.78, 5) is 0. The Bertz CT molecular complexity index is 345. The summed E-state index contributed by atoms with van der Waals surface area (Å²) in [6, 6.07) is 4.55. The van der Waals surface area contributed by atoms with Gasteiger partial charge in [-0.1, -0.05) is 19.4 Å². The molecule has 1 aromatic rings. The van der Waals surface area contributed by atoms with Crippen molar-refractivity contribution in [1.29, 1.82) is 0 Å². The van der Waals surface area contributed by atoms with Crippen LogP contribution in [0.2, 0.25) is 0 Å². The fourth-order valence-electron chi connectivity index (χ4n) is 2.03. The minimum atomic E-state index is 0.172. The molecule has 0 bridgehead atoms. The van der Waals surface area contributed by atoms with Crippen molar-refractivity contribution in [2.24, 2.45) is 5.73 Å². The van der Waals surface area contributed by atoms with Crippen LogP contribution in [0.25, 0.3) is 0 Å². The van der Waals surface area contributed by atoms with E-state index in [-0.39, 0.29) is 6.04 Å². The van der Waals surface area contributed by atoms with Crippen LogP contribution >= 0.6 is 0 Å². The van der Waals surface area contributed by atoms with Crippen LogP contribution in [0.3, 0.4) is 0 Å². The summed E-state index contributed by atoms with van der Waals surface area (Å²) in [6.07, 6.45) is 3.15. The van der Waals surface area contributed by atoms with Crippen LogP contribution < -0.4 is 10.5 Å². The van der Waals surface area contributed by atoms with Gasteiger partial charge in [0.05, 0.1) is 7.11 Å². The third-order valence-electron chi connectivity index (χ3n) is 2.80. The Hall–Kier alpha value is -1.02. The molecule has 16 heavy (non-hydrogen) atoms. The Morgan fingerprint density at radius 1 is 1.31 bits per heavy atom. The van der Waals surface area contributed by atoms with Crippen molar-refractivity contribution in [2.45, 2.75) is 46.1 Å². The van der Waals surface area contributed by atoms with Gasteiger partial charge in [-0.3, -0.25) is 0 Å². The van der Waals surface area contributed by atoms with Gasteiger partial charge in [0.15, 0.2) is 0 Å². The highest BCUT2D eigenvalue weighted by Gasteiger charge is 2.09. The third kappa shape index (κ3) is 3.24. The molecule has 90 valence electrons. The minimum absolute atomic E-state index is 0.172.